The van der Waals surface area contributed by atoms with Crippen LogP contribution in [0.5, 0.6) is 5.75 Å². The SMILES string of the molecule is COc1cccc(CNC(=O)CSc2nc3cc4ccccc4cc3c(=O)n2C)c1. The van der Waals surface area contributed by atoms with Gasteiger partial charge in [-0.25, -0.2) is 4.98 Å². The molecule has 1 N–H and O–H groups in total. The van der Waals surface area contributed by atoms with Gasteiger partial charge in [-0.1, -0.05) is 48.2 Å². The number of methoxy groups -OCH3 is 1. The lowest BCUT2D eigenvalue weighted by molar-refractivity contribution is -0.118. The quantitative estimate of drug-likeness (QED) is 0.294. The van der Waals surface area contributed by atoms with Crippen molar-refractivity contribution in [3.05, 3.63) is 76.6 Å². The normalized spacial score (nSPS) is 11.0. The number of ether oxygens (including phenoxy) is 1. The Morgan fingerprint density at radius 3 is 2.63 bits per heavy atom. The smallest absolute Gasteiger partial charge is 0.261 e. The van der Waals surface area contributed by atoms with Crippen LogP contribution in [-0.2, 0) is 18.4 Å². The average Bonchev–Trinajstić information content (AvgIpc) is 2.78. The van der Waals surface area contributed by atoms with E-state index < -0.39 is 0 Å². The average molecular weight is 420 g/mol. The number of carbonyl (C=O) groups excluding carboxylic acids is 1. The fraction of sp³-hybridized carbons (Fsp3) is 0.174. The standard InChI is InChI=1S/C23H21N3O3S/c1-26-22(28)19-11-16-7-3-4-8-17(16)12-20(19)25-23(26)30-14-21(27)24-13-15-6-5-9-18(10-15)29-2/h3-12H,13-14H2,1-2H3,(H,24,27). The molecule has 0 radical (unpaired) electrons. The summed E-state index contributed by atoms with van der Waals surface area (Å²) in [7, 11) is 3.29. The number of hydrogen-bond donors (Lipinski definition) is 1. The van der Waals surface area contributed by atoms with Gasteiger partial charge in [0.05, 0.1) is 23.8 Å². The van der Waals surface area contributed by atoms with Crippen LogP contribution in [0.25, 0.3) is 21.7 Å². The molecule has 4 rings (SSSR count). The summed E-state index contributed by atoms with van der Waals surface area (Å²) in [6, 6.07) is 19.2. The molecule has 4 aromatic rings. The number of hydrogen-bond acceptors (Lipinski definition) is 5. The summed E-state index contributed by atoms with van der Waals surface area (Å²) >= 11 is 1.25. The van der Waals surface area contributed by atoms with E-state index in [1.807, 2.05) is 60.7 Å². The van der Waals surface area contributed by atoms with Gasteiger partial charge in [0.15, 0.2) is 5.16 Å². The molecule has 0 aliphatic rings. The molecule has 0 bridgehead atoms. The number of carbonyl (C=O) groups is 1. The molecular weight excluding hydrogens is 398 g/mol. The van der Waals surface area contributed by atoms with E-state index in [0.29, 0.717) is 22.6 Å². The van der Waals surface area contributed by atoms with E-state index in [4.69, 9.17) is 4.74 Å². The maximum atomic E-state index is 12.8. The second-order valence-corrected chi connectivity index (χ2v) is 7.83. The van der Waals surface area contributed by atoms with Gasteiger partial charge in [0.25, 0.3) is 5.56 Å². The number of fused-ring (bicyclic) bond motifs is 2. The Morgan fingerprint density at radius 2 is 1.87 bits per heavy atom. The highest BCUT2D eigenvalue weighted by Gasteiger charge is 2.12. The largest absolute Gasteiger partial charge is 0.497 e. The molecule has 1 aromatic heterocycles. The van der Waals surface area contributed by atoms with E-state index in [1.165, 1.54) is 16.3 Å². The van der Waals surface area contributed by atoms with Crippen LogP contribution in [0.4, 0.5) is 0 Å². The fourth-order valence-corrected chi connectivity index (χ4v) is 4.03. The molecule has 0 atom stereocenters. The molecule has 152 valence electrons. The fourth-order valence-electron chi connectivity index (χ4n) is 3.23. The van der Waals surface area contributed by atoms with E-state index in [1.54, 1.807) is 14.2 Å². The van der Waals surface area contributed by atoms with Crippen LogP contribution < -0.4 is 15.6 Å². The molecule has 0 aliphatic heterocycles. The summed E-state index contributed by atoms with van der Waals surface area (Å²) in [6.45, 7) is 0.409. The molecule has 6 nitrogen and oxygen atoms in total. The maximum Gasteiger partial charge on any atom is 0.261 e. The molecular formula is C23H21N3O3S. The highest BCUT2D eigenvalue weighted by atomic mass is 32.2. The van der Waals surface area contributed by atoms with Crippen molar-refractivity contribution in [1.82, 2.24) is 14.9 Å². The first-order valence-corrected chi connectivity index (χ1v) is 10.5. The van der Waals surface area contributed by atoms with Gasteiger partial charge in [0, 0.05) is 13.6 Å². The zero-order valence-corrected chi connectivity index (χ0v) is 17.5. The first kappa shape index (κ1) is 20.0. The predicted octanol–water partition coefficient (Wildman–Crippen LogP) is 3.50. The van der Waals surface area contributed by atoms with Crippen molar-refractivity contribution >= 4 is 39.3 Å². The summed E-state index contributed by atoms with van der Waals surface area (Å²) in [4.78, 5) is 29.7. The number of rotatable bonds is 6. The molecule has 0 aliphatic carbocycles. The molecule has 0 fully saturated rings. The molecule has 0 saturated heterocycles. The van der Waals surface area contributed by atoms with Gasteiger partial charge in [0.2, 0.25) is 5.91 Å². The lowest BCUT2D eigenvalue weighted by Gasteiger charge is -2.10. The van der Waals surface area contributed by atoms with Crippen molar-refractivity contribution in [3.63, 3.8) is 0 Å². The van der Waals surface area contributed by atoms with Crippen molar-refractivity contribution in [2.24, 2.45) is 7.05 Å². The van der Waals surface area contributed by atoms with Gasteiger partial charge in [-0.05, 0) is 40.6 Å². The van der Waals surface area contributed by atoms with Crippen LogP contribution >= 0.6 is 11.8 Å². The zero-order valence-electron chi connectivity index (χ0n) is 16.7. The maximum absolute atomic E-state index is 12.8. The van der Waals surface area contributed by atoms with Gasteiger partial charge in [-0.15, -0.1) is 0 Å². The van der Waals surface area contributed by atoms with Crippen LogP contribution in [0.1, 0.15) is 5.56 Å². The molecule has 1 heterocycles. The van der Waals surface area contributed by atoms with Gasteiger partial charge >= 0.3 is 0 Å². The molecule has 0 unspecified atom stereocenters. The lowest BCUT2D eigenvalue weighted by Crippen LogP contribution is -2.26. The van der Waals surface area contributed by atoms with Crippen LogP contribution in [0.3, 0.4) is 0 Å². The number of thioether (sulfide) groups is 1. The summed E-state index contributed by atoms with van der Waals surface area (Å²) in [5.41, 5.74) is 1.47. The van der Waals surface area contributed by atoms with Crippen molar-refractivity contribution in [3.8, 4) is 5.75 Å². The number of nitrogens with zero attached hydrogens (tertiary/aromatic N) is 2. The van der Waals surface area contributed by atoms with E-state index in [2.05, 4.69) is 10.3 Å². The lowest BCUT2D eigenvalue weighted by atomic mass is 10.1. The van der Waals surface area contributed by atoms with Crippen LogP contribution in [0.2, 0.25) is 0 Å². The molecule has 1 amide bonds. The Kier molecular flexibility index (Phi) is 5.72. The van der Waals surface area contributed by atoms with Crippen molar-refractivity contribution < 1.29 is 9.53 Å². The van der Waals surface area contributed by atoms with E-state index in [9.17, 15) is 9.59 Å². The highest BCUT2D eigenvalue weighted by Crippen LogP contribution is 2.22. The second-order valence-electron chi connectivity index (χ2n) is 6.89. The van der Waals surface area contributed by atoms with Crippen molar-refractivity contribution in [2.75, 3.05) is 12.9 Å². The summed E-state index contributed by atoms with van der Waals surface area (Å²) in [5, 5.41) is 6.00. The molecule has 0 saturated carbocycles. The molecule has 0 spiro atoms. The molecule has 3 aromatic carbocycles. The van der Waals surface area contributed by atoms with Gasteiger partial charge in [-0.2, -0.15) is 0 Å². The van der Waals surface area contributed by atoms with Crippen molar-refractivity contribution in [1.29, 1.82) is 0 Å². The first-order valence-electron chi connectivity index (χ1n) is 9.47. The van der Waals surface area contributed by atoms with Gasteiger partial charge < -0.3 is 10.1 Å². The summed E-state index contributed by atoms with van der Waals surface area (Å²) in [6.07, 6.45) is 0. The van der Waals surface area contributed by atoms with E-state index in [0.717, 1.165) is 22.1 Å². The number of aromatic nitrogens is 2. The number of benzene rings is 3. The summed E-state index contributed by atoms with van der Waals surface area (Å²) in [5.74, 6) is 0.790. The Labute approximate surface area is 177 Å². The third-order valence-corrected chi connectivity index (χ3v) is 5.89. The van der Waals surface area contributed by atoms with Crippen LogP contribution in [0.15, 0.2) is 70.6 Å². The Hall–Kier alpha value is -3.32. The Bertz CT molecular complexity index is 1300. The zero-order chi connectivity index (χ0) is 21.1. The number of nitrogens with one attached hydrogen (secondary N) is 1. The van der Waals surface area contributed by atoms with Crippen LogP contribution in [0, 0.1) is 0 Å². The first-order chi connectivity index (χ1) is 14.5. The van der Waals surface area contributed by atoms with Crippen molar-refractivity contribution in [2.45, 2.75) is 11.7 Å². The highest BCUT2D eigenvalue weighted by molar-refractivity contribution is 7.99. The second kappa shape index (κ2) is 8.59. The Balaban J connectivity index is 1.49. The third-order valence-electron chi connectivity index (χ3n) is 4.86. The van der Waals surface area contributed by atoms with Gasteiger partial charge in [-0.3, -0.25) is 14.2 Å². The monoisotopic (exact) mass is 419 g/mol. The van der Waals surface area contributed by atoms with E-state index >= 15 is 0 Å². The Morgan fingerprint density at radius 1 is 1.10 bits per heavy atom. The molecule has 30 heavy (non-hydrogen) atoms. The minimum Gasteiger partial charge on any atom is -0.497 e. The minimum atomic E-state index is -0.129. The van der Waals surface area contributed by atoms with Gasteiger partial charge in [0.1, 0.15) is 5.75 Å². The molecule has 7 heteroatoms. The van der Waals surface area contributed by atoms with E-state index in [-0.39, 0.29) is 17.2 Å². The van der Waals surface area contributed by atoms with Crippen LogP contribution in [-0.4, -0.2) is 28.3 Å². The summed E-state index contributed by atoms with van der Waals surface area (Å²) < 4.78 is 6.69. The number of amides is 1. The topological polar surface area (TPSA) is 73.2 Å². The predicted molar refractivity (Wildman–Crippen MR) is 120 cm³/mol. The third kappa shape index (κ3) is 4.16. The minimum absolute atomic E-state index is 0.120.